The molecule has 1 atom stereocenters. The molecule has 0 heterocycles. The standard InChI is InChI=1S/C10H15O3P/c1-10(2,3)14(11,12)13-9-7-5-4-6-8-9/h4-8H,1-3H3,(H,11,12). The molecular weight excluding hydrogens is 199 g/mol. The number of benzene rings is 1. The van der Waals surface area contributed by atoms with Crippen LogP contribution in [0.3, 0.4) is 0 Å². The van der Waals surface area contributed by atoms with Gasteiger partial charge in [-0.2, -0.15) is 0 Å². The van der Waals surface area contributed by atoms with E-state index in [0.29, 0.717) is 5.75 Å². The second-order valence-corrected chi connectivity index (χ2v) is 6.66. The predicted molar refractivity (Wildman–Crippen MR) is 56.6 cm³/mol. The van der Waals surface area contributed by atoms with Gasteiger partial charge in [0.2, 0.25) is 0 Å². The summed E-state index contributed by atoms with van der Waals surface area (Å²) in [7, 11) is -3.60. The second kappa shape index (κ2) is 3.76. The van der Waals surface area contributed by atoms with Gasteiger partial charge in [0.05, 0.1) is 5.16 Å². The minimum atomic E-state index is -3.60. The molecule has 78 valence electrons. The van der Waals surface area contributed by atoms with E-state index in [1.54, 1.807) is 45.0 Å². The molecule has 1 aromatic rings. The molecule has 0 saturated heterocycles. The zero-order valence-corrected chi connectivity index (χ0v) is 9.49. The van der Waals surface area contributed by atoms with Gasteiger partial charge in [-0.05, 0) is 32.9 Å². The van der Waals surface area contributed by atoms with Gasteiger partial charge >= 0.3 is 7.60 Å². The average Bonchev–Trinajstić information content (AvgIpc) is 2.03. The molecule has 0 bridgehead atoms. The lowest BCUT2D eigenvalue weighted by molar-refractivity contribution is 0.349. The van der Waals surface area contributed by atoms with Gasteiger partial charge in [-0.3, -0.25) is 0 Å². The first-order chi connectivity index (χ1) is 6.33. The van der Waals surface area contributed by atoms with E-state index in [1.165, 1.54) is 0 Å². The molecule has 1 unspecified atom stereocenters. The van der Waals surface area contributed by atoms with Gasteiger partial charge in [0.1, 0.15) is 5.75 Å². The zero-order chi connectivity index (χ0) is 10.8. The van der Waals surface area contributed by atoms with Crippen LogP contribution in [-0.2, 0) is 4.57 Å². The maximum absolute atomic E-state index is 11.7. The molecule has 1 rings (SSSR count). The number of rotatable bonds is 2. The van der Waals surface area contributed by atoms with E-state index in [2.05, 4.69) is 0 Å². The molecule has 0 aromatic heterocycles. The Bertz CT molecular complexity index is 340. The van der Waals surface area contributed by atoms with E-state index in [0.717, 1.165) is 0 Å². The maximum atomic E-state index is 11.7. The molecule has 0 saturated carbocycles. The van der Waals surface area contributed by atoms with Crippen LogP contribution in [0, 0.1) is 0 Å². The van der Waals surface area contributed by atoms with Crippen molar-refractivity contribution in [2.24, 2.45) is 0 Å². The molecule has 0 aliphatic rings. The van der Waals surface area contributed by atoms with Crippen LogP contribution in [0.5, 0.6) is 5.75 Å². The number of hydrogen-bond acceptors (Lipinski definition) is 2. The summed E-state index contributed by atoms with van der Waals surface area (Å²) in [5, 5.41) is -0.761. The van der Waals surface area contributed by atoms with Crippen molar-refractivity contribution in [1.29, 1.82) is 0 Å². The fraction of sp³-hybridized carbons (Fsp3) is 0.400. The lowest BCUT2D eigenvalue weighted by Crippen LogP contribution is -2.17. The van der Waals surface area contributed by atoms with E-state index in [-0.39, 0.29) is 0 Å². The topological polar surface area (TPSA) is 46.5 Å². The highest BCUT2D eigenvalue weighted by atomic mass is 31.2. The molecule has 0 amide bonds. The van der Waals surface area contributed by atoms with Crippen molar-refractivity contribution in [2.75, 3.05) is 0 Å². The fourth-order valence-electron chi connectivity index (χ4n) is 0.761. The third kappa shape index (κ3) is 2.60. The van der Waals surface area contributed by atoms with Gasteiger partial charge in [0.15, 0.2) is 0 Å². The van der Waals surface area contributed by atoms with E-state index in [1.807, 2.05) is 6.07 Å². The van der Waals surface area contributed by atoms with Crippen LogP contribution in [0.1, 0.15) is 20.8 Å². The van der Waals surface area contributed by atoms with Crippen LogP contribution < -0.4 is 4.52 Å². The summed E-state index contributed by atoms with van der Waals surface area (Å²) in [5.41, 5.74) is 0. The molecular formula is C10H15O3P. The minimum absolute atomic E-state index is 0.424. The molecule has 0 radical (unpaired) electrons. The second-order valence-electron chi connectivity index (χ2n) is 4.10. The van der Waals surface area contributed by atoms with E-state index < -0.39 is 12.8 Å². The SMILES string of the molecule is CC(C)(C)P(=O)(O)Oc1ccccc1. The lowest BCUT2D eigenvalue weighted by Gasteiger charge is -2.25. The summed E-state index contributed by atoms with van der Waals surface area (Å²) in [6.45, 7) is 5.03. The molecule has 0 aliphatic heterocycles. The van der Waals surface area contributed by atoms with Crippen molar-refractivity contribution in [1.82, 2.24) is 0 Å². The predicted octanol–water partition coefficient (Wildman–Crippen LogP) is 3.05. The van der Waals surface area contributed by atoms with Crippen LogP contribution in [0.15, 0.2) is 30.3 Å². The maximum Gasteiger partial charge on any atom is 0.381 e. The van der Waals surface area contributed by atoms with Crippen molar-refractivity contribution in [3.8, 4) is 5.75 Å². The molecule has 14 heavy (non-hydrogen) atoms. The van der Waals surface area contributed by atoms with E-state index >= 15 is 0 Å². The Balaban J connectivity index is 2.85. The summed E-state index contributed by atoms with van der Waals surface area (Å²) in [5.74, 6) is 0.424. The zero-order valence-electron chi connectivity index (χ0n) is 8.60. The Labute approximate surface area is 84.3 Å². The van der Waals surface area contributed by atoms with Gasteiger partial charge in [0, 0.05) is 0 Å². The summed E-state index contributed by atoms with van der Waals surface area (Å²) < 4.78 is 16.8. The van der Waals surface area contributed by atoms with Gasteiger partial charge in [-0.15, -0.1) is 0 Å². The minimum Gasteiger partial charge on any atom is -0.424 e. The Hall–Kier alpha value is -0.790. The third-order valence-electron chi connectivity index (χ3n) is 1.82. The quantitative estimate of drug-likeness (QED) is 0.769. The van der Waals surface area contributed by atoms with Crippen molar-refractivity contribution < 1.29 is 14.0 Å². The Morgan fingerprint density at radius 2 is 1.71 bits per heavy atom. The largest absolute Gasteiger partial charge is 0.424 e. The Morgan fingerprint density at radius 1 is 1.21 bits per heavy atom. The lowest BCUT2D eigenvalue weighted by atomic mass is 10.3. The van der Waals surface area contributed by atoms with Gasteiger partial charge in [-0.1, -0.05) is 18.2 Å². The van der Waals surface area contributed by atoms with Gasteiger partial charge in [-0.25, -0.2) is 4.57 Å². The Morgan fingerprint density at radius 3 is 2.14 bits per heavy atom. The number of para-hydroxylation sites is 1. The van der Waals surface area contributed by atoms with Crippen LogP contribution in [-0.4, -0.2) is 10.0 Å². The van der Waals surface area contributed by atoms with Crippen LogP contribution in [0.4, 0.5) is 0 Å². The highest BCUT2D eigenvalue weighted by Gasteiger charge is 2.37. The molecule has 0 spiro atoms. The van der Waals surface area contributed by atoms with Crippen LogP contribution >= 0.6 is 7.60 Å². The van der Waals surface area contributed by atoms with Crippen LogP contribution in [0.2, 0.25) is 0 Å². The van der Waals surface area contributed by atoms with Crippen molar-refractivity contribution in [3.05, 3.63) is 30.3 Å². The number of hydrogen-bond donors (Lipinski definition) is 1. The molecule has 0 aliphatic carbocycles. The monoisotopic (exact) mass is 214 g/mol. The molecule has 4 heteroatoms. The summed E-state index contributed by atoms with van der Waals surface area (Å²) >= 11 is 0. The summed E-state index contributed by atoms with van der Waals surface area (Å²) in [6, 6.07) is 8.67. The van der Waals surface area contributed by atoms with Gasteiger partial charge in [0.25, 0.3) is 0 Å². The van der Waals surface area contributed by atoms with E-state index in [9.17, 15) is 9.46 Å². The molecule has 1 N–H and O–H groups in total. The van der Waals surface area contributed by atoms with Crippen LogP contribution in [0.25, 0.3) is 0 Å². The molecule has 3 nitrogen and oxygen atoms in total. The average molecular weight is 214 g/mol. The first-order valence-corrected chi connectivity index (χ1v) is 5.98. The summed E-state index contributed by atoms with van der Waals surface area (Å²) in [6.07, 6.45) is 0. The first-order valence-electron chi connectivity index (χ1n) is 4.40. The van der Waals surface area contributed by atoms with Crippen molar-refractivity contribution >= 4 is 7.60 Å². The van der Waals surface area contributed by atoms with E-state index in [4.69, 9.17) is 4.52 Å². The first kappa shape index (κ1) is 11.3. The molecule has 1 aromatic carbocycles. The highest BCUT2D eigenvalue weighted by molar-refractivity contribution is 7.54. The highest BCUT2D eigenvalue weighted by Crippen LogP contribution is 2.54. The van der Waals surface area contributed by atoms with Crippen molar-refractivity contribution in [3.63, 3.8) is 0 Å². The smallest absolute Gasteiger partial charge is 0.381 e. The Kier molecular flexibility index (Phi) is 3.03. The summed E-state index contributed by atoms with van der Waals surface area (Å²) in [4.78, 5) is 9.64. The third-order valence-corrected chi connectivity index (χ3v) is 3.97. The molecule has 0 fully saturated rings. The van der Waals surface area contributed by atoms with Crippen molar-refractivity contribution in [2.45, 2.75) is 25.9 Å². The fourth-order valence-corrected chi connectivity index (χ4v) is 1.44. The normalized spacial score (nSPS) is 16.0. The van der Waals surface area contributed by atoms with Gasteiger partial charge < -0.3 is 9.42 Å².